The van der Waals surface area contributed by atoms with E-state index >= 15 is 0 Å². The normalized spacial score (nSPS) is 23.5. The number of nitrogens with one attached hydrogen (secondary N) is 1. The lowest BCUT2D eigenvalue weighted by atomic mass is 9.95. The molecule has 0 saturated heterocycles. The second kappa shape index (κ2) is 7.07. The van der Waals surface area contributed by atoms with Gasteiger partial charge < -0.3 is 10.4 Å². The average molecular weight is 320 g/mol. The minimum atomic E-state index is 0.136. The van der Waals surface area contributed by atoms with Gasteiger partial charge in [-0.3, -0.25) is 0 Å². The lowest BCUT2D eigenvalue weighted by molar-refractivity contribution is 0.375. The molecule has 1 aromatic rings. The van der Waals surface area contributed by atoms with Crippen molar-refractivity contribution in [2.75, 3.05) is 6.26 Å². The van der Waals surface area contributed by atoms with Crippen LogP contribution in [-0.4, -0.2) is 22.7 Å². The fraction of sp³-hybridized carbons (Fsp3) is 0.571. The lowest BCUT2D eigenvalue weighted by Crippen LogP contribution is -2.33. The predicted molar refractivity (Wildman–Crippen MR) is 84.5 cm³/mol. The summed E-state index contributed by atoms with van der Waals surface area (Å²) in [6, 6.07) is 3.86. The van der Waals surface area contributed by atoms with E-state index in [-0.39, 0.29) is 5.75 Å². The summed E-state index contributed by atoms with van der Waals surface area (Å²) in [5.41, 5.74) is 0.768. The number of rotatable bonds is 4. The Balaban J connectivity index is 1.89. The first-order valence-electron chi connectivity index (χ1n) is 6.53. The maximum atomic E-state index is 9.90. The molecule has 0 spiro atoms. The molecule has 0 heterocycles. The number of hydrogen-bond donors (Lipinski definition) is 2. The molecule has 0 amide bonds. The van der Waals surface area contributed by atoms with Gasteiger partial charge in [-0.05, 0) is 44.1 Å². The molecule has 0 aliphatic heterocycles. The van der Waals surface area contributed by atoms with Crippen molar-refractivity contribution in [3.8, 4) is 5.75 Å². The monoisotopic (exact) mass is 319 g/mol. The van der Waals surface area contributed by atoms with Crippen molar-refractivity contribution >= 4 is 35.0 Å². The summed E-state index contributed by atoms with van der Waals surface area (Å²) in [5, 5.41) is 15.1. The number of benzene rings is 1. The second-order valence-electron chi connectivity index (χ2n) is 4.99. The summed E-state index contributed by atoms with van der Waals surface area (Å²) >= 11 is 13.8. The number of phenols is 1. The van der Waals surface area contributed by atoms with Crippen LogP contribution in [0.2, 0.25) is 10.0 Å². The third-order valence-corrected chi connectivity index (χ3v) is 5.34. The fourth-order valence-electron chi connectivity index (χ4n) is 2.51. The molecule has 5 heteroatoms. The van der Waals surface area contributed by atoms with E-state index in [1.807, 2.05) is 11.8 Å². The van der Waals surface area contributed by atoms with Crippen LogP contribution in [0.15, 0.2) is 12.1 Å². The minimum absolute atomic E-state index is 0.136. The fourth-order valence-corrected chi connectivity index (χ4v) is 3.79. The first kappa shape index (κ1) is 15.3. The lowest BCUT2D eigenvalue weighted by Gasteiger charge is -2.28. The number of phenolic OH excluding ortho intramolecular Hbond substituents is 1. The molecule has 2 N–H and O–H groups in total. The molecule has 1 saturated carbocycles. The predicted octanol–water partition coefficient (Wildman–Crippen LogP) is 4.46. The Bertz CT molecular complexity index is 434. The van der Waals surface area contributed by atoms with Crippen molar-refractivity contribution in [2.24, 2.45) is 0 Å². The second-order valence-corrected chi connectivity index (χ2v) is 6.97. The zero-order valence-corrected chi connectivity index (χ0v) is 13.3. The van der Waals surface area contributed by atoms with Crippen molar-refractivity contribution < 1.29 is 5.11 Å². The molecular weight excluding hydrogens is 301 g/mol. The van der Waals surface area contributed by atoms with E-state index in [9.17, 15) is 5.11 Å². The average Bonchev–Trinajstić information content (AvgIpc) is 2.41. The van der Waals surface area contributed by atoms with Crippen molar-refractivity contribution in [2.45, 2.75) is 43.5 Å². The Kier molecular flexibility index (Phi) is 5.70. The van der Waals surface area contributed by atoms with Crippen LogP contribution in [0, 0.1) is 0 Å². The van der Waals surface area contributed by atoms with Crippen LogP contribution in [0.1, 0.15) is 31.2 Å². The molecule has 1 aromatic carbocycles. The summed E-state index contributed by atoms with van der Waals surface area (Å²) in [6.45, 7) is 0.612. The molecule has 0 aromatic heterocycles. The van der Waals surface area contributed by atoms with E-state index in [1.54, 1.807) is 12.1 Å². The summed E-state index contributed by atoms with van der Waals surface area (Å²) in [5.74, 6) is 0.136. The Morgan fingerprint density at radius 2 is 1.95 bits per heavy atom. The van der Waals surface area contributed by atoms with Crippen LogP contribution in [-0.2, 0) is 6.54 Å². The maximum Gasteiger partial charge on any atom is 0.138 e. The van der Waals surface area contributed by atoms with Crippen LogP contribution >= 0.6 is 35.0 Å². The van der Waals surface area contributed by atoms with Crippen molar-refractivity contribution in [3.05, 3.63) is 27.7 Å². The zero-order valence-electron chi connectivity index (χ0n) is 11.0. The summed E-state index contributed by atoms with van der Waals surface area (Å²) in [7, 11) is 0. The van der Waals surface area contributed by atoms with Gasteiger partial charge in [-0.25, -0.2) is 0 Å². The van der Waals surface area contributed by atoms with Gasteiger partial charge >= 0.3 is 0 Å². The highest BCUT2D eigenvalue weighted by Crippen LogP contribution is 2.32. The summed E-state index contributed by atoms with van der Waals surface area (Å²) in [4.78, 5) is 0. The highest BCUT2D eigenvalue weighted by Gasteiger charge is 2.20. The molecule has 0 atom stereocenters. The standard InChI is InChI=1S/C14H19Cl2NOS/c1-19-12-4-2-11(3-5-12)17-8-9-6-10(15)7-13(16)14(9)18/h6-7,11-12,17-18H,2-5,8H2,1H3. The van der Waals surface area contributed by atoms with Crippen LogP contribution in [0.3, 0.4) is 0 Å². The van der Waals surface area contributed by atoms with E-state index in [0.29, 0.717) is 22.6 Å². The van der Waals surface area contributed by atoms with E-state index in [1.165, 1.54) is 25.7 Å². The topological polar surface area (TPSA) is 32.3 Å². The number of halogens is 2. The van der Waals surface area contributed by atoms with Gasteiger partial charge in [0.05, 0.1) is 5.02 Å². The first-order valence-corrected chi connectivity index (χ1v) is 8.57. The Hall–Kier alpha value is -0.0900. The minimum Gasteiger partial charge on any atom is -0.506 e. The van der Waals surface area contributed by atoms with E-state index < -0.39 is 0 Å². The first-order chi connectivity index (χ1) is 9.10. The molecule has 19 heavy (non-hydrogen) atoms. The quantitative estimate of drug-likeness (QED) is 0.859. The van der Waals surface area contributed by atoms with Gasteiger partial charge in [0, 0.05) is 28.4 Å². The van der Waals surface area contributed by atoms with Crippen molar-refractivity contribution in [3.63, 3.8) is 0 Å². The third-order valence-electron chi connectivity index (χ3n) is 3.70. The van der Waals surface area contributed by atoms with Gasteiger partial charge in [-0.2, -0.15) is 11.8 Å². The molecule has 0 bridgehead atoms. The number of hydrogen-bond acceptors (Lipinski definition) is 3. The summed E-state index contributed by atoms with van der Waals surface area (Å²) in [6.07, 6.45) is 7.10. The van der Waals surface area contributed by atoms with E-state index in [0.717, 1.165) is 10.8 Å². The Morgan fingerprint density at radius 1 is 1.26 bits per heavy atom. The van der Waals surface area contributed by atoms with Crippen molar-refractivity contribution in [1.82, 2.24) is 5.32 Å². The van der Waals surface area contributed by atoms with Gasteiger partial charge in [0.1, 0.15) is 5.75 Å². The van der Waals surface area contributed by atoms with Gasteiger partial charge in [-0.1, -0.05) is 23.2 Å². The summed E-state index contributed by atoms with van der Waals surface area (Å²) < 4.78 is 0. The highest BCUT2D eigenvalue weighted by atomic mass is 35.5. The molecule has 1 aliphatic rings. The third kappa shape index (κ3) is 4.19. The molecule has 1 fully saturated rings. The largest absolute Gasteiger partial charge is 0.506 e. The molecule has 2 rings (SSSR count). The Morgan fingerprint density at radius 3 is 2.58 bits per heavy atom. The van der Waals surface area contributed by atoms with E-state index in [2.05, 4.69) is 11.6 Å². The molecular formula is C14H19Cl2NOS. The van der Waals surface area contributed by atoms with Crippen molar-refractivity contribution in [1.29, 1.82) is 0 Å². The maximum absolute atomic E-state index is 9.90. The zero-order chi connectivity index (χ0) is 13.8. The van der Waals surface area contributed by atoms with Gasteiger partial charge in [0.15, 0.2) is 0 Å². The number of aromatic hydroxyl groups is 1. The van der Waals surface area contributed by atoms with E-state index in [4.69, 9.17) is 23.2 Å². The molecule has 106 valence electrons. The van der Waals surface area contributed by atoms with Crippen LogP contribution < -0.4 is 5.32 Å². The van der Waals surface area contributed by atoms with Gasteiger partial charge in [0.25, 0.3) is 0 Å². The van der Waals surface area contributed by atoms with Gasteiger partial charge in [-0.15, -0.1) is 0 Å². The number of thioether (sulfide) groups is 1. The molecule has 2 nitrogen and oxygen atoms in total. The molecule has 1 aliphatic carbocycles. The van der Waals surface area contributed by atoms with Gasteiger partial charge in [0.2, 0.25) is 0 Å². The van der Waals surface area contributed by atoms with Crippen LogP contribution in [0.4, 0.5) is 0 Å². The SMILES string of the molecule is CSC1CCC(NCc2cc(Cl)cc(Cl)c2O)CC1. The van der Waals surface area contributed by atoms with Crippen LogP contribution in [0.25, 0.3) is 0 Å². The Labute approximate surface area is 128 Å². The molecule has 0 radical (unpaired) electrons. The smallest absolute Gasteiger partial charge is 0.138 e. The van der Waals surface area contributed by atoms with Crippen LogP contribution in [0.5, 0.6) is 5.75 Å². The highest BCUT2D eigenvalue weighted by molar-refractivity contribution is 7.99. The molecule has 0 unspecified atom stereocenters.